The van der Waals surface area contributed by atoms with Crippen LogP contribution in [0.25, 0.3) is 22.0 Å². The van der Waals surface area contributed by atoms with E-state index in [2.05, 4.69) is 63.2 Å². The lowest BCUT2D eigenvalue weighted by molar-refractivity contribution is 0.235. The molecular weight excluding hydrogens is 308 g/mol. The normalized spacial score (nSPS) is 17.4. The van der Waals surface area contributed by atoms with Crippen LogP contribution < -0.4 is 0 Å². The Labute approximate surface area is 148 Å². The summed E-state index contributed by atoms with van der Waals surface area (Å²) >= 11 is 0. The first kappa shape index (κ1) is 15.8. The van der Waals surface area contributed by atoms with Gasteiger partial charge in [-0.15, -0.1) is 0 Å². The molecule has 0 saturated carbocycles. The third kappa shape index (κ3) is 3.02. The van der Waals surface area contributed by atoms with Crippen molar-refractivity contribution in [3.8, 4) is 11.3 Å². The van der Waals surface area contributed by atoms with Crippen molar-refractivity contribution in [3.05, 3.63) is 66.4 Å². The molecule has 0 saturated heterocycles. The van der Waals surface area contributed by atoms with E-state index in [9.17, 15) is 0 Å². The molecule has 0 bridgehead atoms. The number of fused-ring (bicyclic) bond motifs is 1. The van der Waals surface area contributed by atoms with E-state index in [1.165, 1.54) is 10.8 Å². The Kier molecular flexibility index (Phi) is 3.79. The molecular formula is C22H22N2O. The molecule has 2 aromatic carbocycles. The molecule has 0 unspecified atom stereocenters. The van der Waals surface area contributed by atoms with Crippen LogP contribution >= 0.6 is 0 Å². The Morgan fingerprint density at radius 2 is 1.60 bits per heavy atom. The predicted molar refractivity (Wildman–Crippen MR) is 103 cm³/mol. The largest absolute Gasteiger partial charge is 0.474 e. The zero-order valence-electron chi connectivity index (χ0n) is 14.9. The first-order valence-electron chi connectivity index (χ1n) is 8.68. The molecule has 3 nitrogen and oxygen atoms in total. The molecule has 126 valence electrons. The second-order valence-corrected chi connectivity index (χ2v) is 7.56. The number of benzene rings is 2. The van der Waals surface area contributed by atoms with Gasteiger partial charge in [0.2, 0.25) is 5.90 Å². The Morgan fingerprint density at radius 1 is 0.880 bits per heavy atom. The number of nitrogens with zero attached hydrogens (tertiary/aromatic N) is 2. The van der Waals surface area contributed by atoms with Crippen LogP contribution in [0.5, 0.6) is 0 Å². The maximum atomic E-state index is 5.84. The minimum atomic E-state index is 0.0923. The third-order valence-corrected chi connectivity index (χ3v) is 4.68. The maximum Gasteiger partial charge on any atom is 0.235 e. The first-order valence-corrected chi connectivity index (χ1v) is 8.68. The SMILES string of the molecule is CC(C)(C)[C@H]1COC(c2cccc(-c3cccc4ccccc34)n2)=N1. The molecule has 3 heteroatoms. The Bertz CT molecular complexity index is 948. The van der Waals surface area contributed by atoms with E-state index in [4.69, 9.17) is 14.7 Å². The van der Waals surface area contributed by atoms with Gasteiger partial charge in [0.1, 0.15) is 12.3 Å². The molecule has 0 radical (unpaired) electrons. The van der Waals surface area contributed by atoms with Crippen LogP contribution in [0.2, 0.25) is 0 Å². The summed E-state index contributed by atoms with van der Waals surface area (Å²) in [6.45, 7) is 7.19. The van der Waals surface area contributed by atoms with E-state index in [-0.39, 0.29) is 11.5 Å². The van der Waals surface area contributed by atoms with Gasteiger partial charge in [0.25, 0.3) is 0 Å². The van der Waals surface area contributed by atoms with E-state index >= 15 is 0 Å². The summed E-state index contributed by atoms with van der Waals surface area (Å²) in [4.78, 5) is 9.59. The lowest BCUT2D eigenvalue weighted by Crippen LogP contribution is -2.25. The van der Waals surface area contributed by atoms with Crippen LogP contribution in [-0.2, 0) is 4.74 Å². The van der Waals surface area contributed by atoms with E-state index in [0.717, 1.165) is 17.0 Å². The van der Waals surface area contributed by atoms with Crippen molar-refractivity contribution in [2.45, 2.75) is 26.8 Å². The molecule has 25 heavy (non-hydrogen) atoms. The number of pyridine rings is 1. The topological polar surface area (TPSA) is 34.5 Å². The molecule has 1 aliphatic heterocycles. The molecule has 0 amide bonds. The highest BCUT2D eigenvalue weighted by atomic mass is 16.5. The molecule has 2 heterocycles. The summed E-state index contributed by atoms with van der Waals surface area (Å²) in [5.74, 6) is 0.655. The van der Waals surface area contributed by atoms with Crippen LogP contribution in [0.3, 0.4) is 0 Å². The quantitative estimate of drug-likeness (QED) is 0.655. The molecule has 0 spiro atoms. The standard InChI is InChI=1S/C22H22N2O/c1-22(2,3)20-14-25-21(24-20)19-13-7-12-18(23-19)17-11-6-9-15-8-4-5-10-16(15)17/h4-13,20H,14H2,1-3H3/t20-/m1/s1. The lowest BCUT2D eigenvalue weighted by atomic mass is 9.88. The fraction of sp³-hybridized carbons (Fsp3) is 0.273. The van der Waals surface area contributed by atoms with Crippen LogP contribution in [-0.4, -0.2) is 23.5 Å². The van der Waals surface area contributed by atoms with Gasteiger partial charge in [-0.05, 0) is 28.3 Å². The van der Waals surface area contributed by atoms with Crippen molar-refractivity contribution in [2.24, 2.45) is 10.4 Å². The Morgan fingerprint density at radius 3 is 2.40 bits per heavy atom. The minimum absolute atomic E-state index is 0.0923. The predicted octanol–water partition coefficient (Wildman–Crippen LogP) is 5.09. The lowest BCUT2D eigenvalue weighted by Gasteiger charge is -2.21. The number of aromatic nitrogens is 1. The van der Waals surface area contributed by atoms with Gasteiger partial charge in [0, 0.05) is 5.56 Å². The van der Waals surface area contributed by atoms with Gasteiger partial charge < -0.3 is 4.74 Å². The number of hydrogen-bond donors (Lipinski definition) is 0. The van der Waals surface area contributed by atoms with Gasteiger partial charge in [-0.2, -0.15) is 0 Å². The van der Waals surface area contributed by atoms with Gasteiger partial charge in [-0.1, -0.05) is 69.3 Å². The van der Waals surface area contributed by atoms with Gasteiger partial charge in [-0.25, -0.2) is 9.98 Å². The Balaban J connectivity index is 1.76. The summed E-state index contributed by atoms with van der Waals surface area (Å²) in [5, 5.41) is 2.42. The molecule has 1 atom stereocenters. The molecule has 1 aliphatic rings. The number of rotatable bonds is 2. The van der Waals surface area contributed by atoms with Crippen molar-refractivity contribution in [1.82, 2.24) is 4.98 Å². The summed E-state index contributed by atoms with van der Waals surface area (Å²) in [7, 11) is 0. The average molecular weight is 330 g/mol. The first-order chi connectivity index (χ1) is 12.0. The highest BCUT2D eigenvalue weighted by molar-refractivity contribution is 5.97. The zero-order valence-corrected chi connectivity index (χ0v) is 14.9. The smallest absolute Gasteiger partial charge is 0.235 e. The highest BCUT2D eigenvalue weighted by Crippen LogP contribution is 2.29. The summed E-state index contributed by atoms with van der Waals surface area (Å²) in [5.41, 5.74) is 2.97. The number of ether oxygens (including phenoxy) is 1. The second-order valence-electron chi connectivity index (χ2n) is 7.56. The highest BCUT2D eigenvalue weighted by Gasteiger charge is 2.31. The maximum absolute atomic E-state index is 5.84. The summed E-state index contributed by atoms with van der Waals surface area (Å²) < 4.78 is 5.84. The zero-order chi connectivity index (χ0) is 17.4. The summed E-state index contributed by atoms with van der Waals surface area (Å²) in [6.07, 6.45) is 0. The molecule has 1 aromatic heterocycles. The van der Waals surface area contributed by atoms with Gasteiger partial charge >= 0.3 is 0 Å². The minimum Gasteiger partial charge on any atom is -0.474 e. The third-order valence-electron chi connectivity index (χ3n) is 4.68. The van der Waals surface area contributed by atoms with Crippen molar-refractivity contribution >= 4 is 16.7 Å². The van der Waals surface area contributed by atoms with Crippen LogP contribution in [0, 0.1) is 5.41 Å². The number of aliphatic imine (C=N–C) groups is 1. The van der Waals surface area contributed by atoms with E-state index < -0.39 is 0 Å². The van der Waals surface area contributed by atoms with E-state index in [0.29, 0.717) is 12.5 Å². The molecule has 0 fully saturated rings. The van der Waals surface area contributed by atoms with Crippen molar-refractivity contribution in [1.29, 1.82) is 0 Å². The fourth-order valence-corrected chi connectivity index (χ4v) is 3.11. The van der Waals surface area contributed by atoms with E-state index in [1.54, 1.807) is 0 Å². The fourth-order valence-electron chi connectivity index (χ4n) is 3.11. The van der Waals surface area contributed by atoms with Crippen LogP contribution in [0.4, 0.5) is 0 Å². The van der Waals surface area contributed by atoms with Crippen molar-refractivity contribution in [2.75, 3.05) is 6.61 Å². The summed E-state index contributed by atoms with van der Waals surface area (Å²) in [6, 6.07) is 20.9. The van der Waals surface area contributed by atoms with E-state index in [1.807, 2.05) is 18.2 Å². The van der Waals surface area contributed by atoms with Crippen molar-refractivity contribution in [3.63, 3.8) is 0 Å². The van der Waals surface area contributed by atoms with Crippen molar-refractivity contribution < 1.29 is 4.74 Å². The van der Waals surface area contributed by atoms with Gasteiger partial charge in [0.05, 0.1) is 11.7 Å². The van der Waals surface area contributed by atoms with Crippen LogP contribution in [0.15, 0.2) is 65.7 Å². The monoisotopic (exact) mass is 330 g/mol. The number of hydrogen-bond acceptors (Lipinski definition) is 3. The van der Waals surface area contributed by atoms with Gasteiger partial charge in [-0.3, -0.25) is 0 Å². The Hall–Kier alpha value is -2.68. The second kappa shape index (κ2) is 5.99. The molecule has 3 aromatic rings. The molecule has 0 aliphatic carbocycles. The van der Waals surface area contributed by atoms with Crippen LogP contribution in [0.1, 0.15) is 26.5 Å². The molecule has 4 rings (SSSR count). The average Bonchev–Trinajstić information content (AvgIpc) is 3.12. The van der Waals surface area contributed by atoms with Gasteiger partial charge in [0.15, 0.2) is 0 Å². The molecule has 0 N–H and O–H groups in total.